The Balaban J connectivity index is 2.48. The summed E-state index contributed by atoms with van der Waals surface area (Å²) in [6.45, 7) is 2.10. The molecule has 1 nitrogen and oxygen atoms in total. The summed E-state index contributed by atoms with van der Waals surface area (Å²) in [6, 6.07) is 2.12. The minimum absolute atomic E-state index is 1.11. The quantitative estimate of drug-likeness (QED) is 0.756. The van der Waals surface area contributed by atoms with Gasteiger partial charge in [0.1, 0.15) is 5.01 Å². The molecule has 0 aliphatic rings. The van der Waals surface area contributed by atoms with Gasteiger partial charge in [-0.1, -0.05) is 0 Å². The van der Waals surface area contributed by atoms with Crippen molar-refractivity contribution in [2.24, 2.45) is 0 Å². The van der Waals surface area contributed by atoms with Crippen LogP contribution in [0.3, 0.4) is 0 Å². The van der Waals surface area contributed by atoms with Gasteiger partial charge in [0, 0.05) is 20.9 Å². The van der Waals surface area contributed by atoms with Crippen LogP contribution in [0.5, 0.6) is 0 Å². The molecule has 2 heterocycles. The van der Waals surface area contributed by atoms with Crippen molar-refractivity contribution in [2.75, 3.05) is 0 Å². The molecule has 0 fully saturated rings. The summed E-state index contributed by atoms with van der Waals surface area (Å²) in [5.41, 5.74) is 0. The Morgan fingerprint density at radius 2 is 2.33 bits per heavy atom. The van der Waals surface area contributed by atoms with Crippen molar-refractivity contribution < 1.29 is 0 Å². The van der Waals surface area contributed by atoms with Gasteiger partial charge < -0.3 is 0 Å². The number of rotatable bonds is 1. The number of nitrogens with zero attached hydrogens (tertiary/aromatic N) is 1. The second-order valence-corrected chi connectivity index (χ2v) is 5.36. The summed E-state index contributed by atoms with van der Waals surface area (Å²) < 4.78 is 1.18. The number of thiazole rings is 1. The maximum Gasteiger partial charge on any atom is 0.133 e. The number of aromatic nitrogens is 1. The molecule has 0 aliphatic heterocycles. The molecule has 0 atom stereocenters. The standard InChI is InChI=1S/C8H6BrNS2/c1-5-6(9)4-7(12-5)8-10-2-3-11-8/h2-4H,1H3. The first-order valence-electron chi connectivity index (χ1n) is 3.43. The highest BCUT2D eigenvalue weighted by Crippen LogP contribution is 2.34. The van der Waals surface area contributed by atoms with Crippen LogP contribution in [-0.4, -0.2) is 4.98 Å². The van der Waals surface area contributed by atoms with Crippen LogP contribution in [-0.2, 0) is 0 Å². The monoisotopic (exact) mass is 259 g/mol. The molecule has 2 aromatic rings. The SMILES string of the molecule is Cc1sc(-c2nccs2)cc1Br. The molecule has 62 valence electrons. The van der Waals surface area contributed by atoms with Crippen LogP contribution < -0.4 is 0 Å². The van der Waals surface area contributed by atoms with Crippen LogP contribution in [0.1, 0.15) is 4.88 Å². The third-order valence-electron chi connectivity index (χ3n) is 1.50. The maximum atomic E-state index is 4.25. The predicted octanol–water partition coefficient (Wildman–Crippen LogP) is 3.94. The molecule has 0 radical (unpaired) electrons. The van der Waals surface area contributed by atoms with E-state index >= 15 is 0 Å². The molecular weight excluding hydrogens is 254 g/mol. The van der Waals surface area contributed by atoms with Crippen molar-refractivity contribution in [3.8, 4) is 9.88 Å². The highest BCUT2D eigenvalue weighted by molar-refractivity contribution is 9.10. The van der Waals surface area contributed by atoms with Crippen molar-refractivity contribution in [3.63, 3.8) is 0 Å². The van der Waals surface area contributed by atoms with E-state index in [1.165, 1.54) is 14.2 Å². The molecule has 2 aromatic heterocycles. The smallest absolute Gasteiger partial charge is 0.133 e. The fourth-order valence-electron chi connectivity index (χ4n) is 0.910. The van der Waals surface area contributed by atoms with E-state index in [1.807, 2.05) is 11.6 Å². The predicted molar refractivity (Wildman–Crippen MR) is 57.9 cm³/mol. The van der Waals surface area contributed by atoms with Crippen LogP contribution in [0.15, 0.2) is 22.1 Å². The molecule has 4 heteroatoms. The third-order valence-corrected chi connectivity index (χ3v) is 4.58. The lowest BCUT2D eigenvalue weighted by Gasteiger charge is -1.84. The second kappa shape index (κ2) is 3.28. The van der Waals surface area contributed by atoms with Gasteiger partial charge in [-0.15, -0.1) is 22.7 Å². The van der Waals surface area contributed by atoms with E-state index in [4.69, 9.17) is 0 Å². The Morgan fingerprint density at radius 3 is 2.83 bits per heavy atom. The lowest BCUT2D eigenvalue weighted by Crippen LogP contribution is -1.63. The topological polar surface area (TPSA) is 12.9 Å². The first-order chi connectivity index (χ1) is 5.77. The molecule has 0 unspecified atom stereocenters. The van der Waals surface area contributed by atoms with Gasteiger partial charge in [-0.2, -0.15) is 0 Å². The highest BCUT2D eigenvalue weighted by atomic mass is 79.9. The molecule has 0 saturated carbocycles. The average molecular weight is 260 g/mol. The van der Waals surface area contributed by atoms with E-state index in [2.05, 4.69) is 33.9 Å². The largest absolute Gasteiger partial charge is 0.244 e. The Kier molecular flexibility index (Phi) is 2.30. The summed E-state index contributed by atoms with van der Waals surface area (Å²) >= 11 is 6.94. The molecule has 0 aromatic carbocycles. The fourth-order valence-corrected chi connectivity index (χ4v) is 3.15. The van der Waals surface area contributed by atoms with Crippen LogP contribution in [0.2, 0.25) is 0 Å². The lowest BCUT2D eigenvalue weighted by molar-refractivity contribution is 1.43. The molecule has 0 amide bonds. The van der Waals surface area contributed by atoms with Crippen molar-refractivity contribution in [3.05, 3.63) is 27.0 Å². The van der Waals surface area contributed by atoms with Gasteiger partial charge >= 0.3 is 0 Å². The van der Waals surface area contributed by atoms with Gasteiger partial charge in [0.05, 0.1) is 4.88 Å². The molecule has 12 heavy (non-hydrogen) atoms. The average Bonchev–Trinajstić information content (AvgIpc) is 2.61. The van der Waals surface area contributed by atoms with Crippen molar-refractivity contribution in [2.45, 2.75) is 6.92 Å². The minimum Gasteiger partial charge on any atom is -0.244 e. The van der Waals surface area contributed by atoms with Gasteiger partial charge in [0.25, 0.3) is 0 Å². The highest BCUT2D eigenvalue weighted by Gasteiger charge is 2.06. The van der Waals surface area contributed by atoms with Crippen LogP contribution in [0.4, 0.5) is 0 Å². The summed E-state index contributed by atoms with van der Waals surface area (Å²) in [7, 11) is 0. The molecule has 2 rings (SSSR count). The third kappa shape index (κ3) is 1.46. The summed E-state index contributed by atoms with van der Waals surface area (Å²) in [6.07, 6.45) is 1.84. The summed E-state index contributed by atoms with van der Waals surface area (Å²) in [4.78, 5) is 6.80. The number of halogens is 1. The van der Waals surface area contributed by atoms with E-state index < -0.39 is 0 Å². The molecule has 0 aliphatic carbocycles. The summed E-state index contributed by atoms with van der Waals surface area (Å²) in [5.74, 6) is 0. The number of aryl methyl sites for hydroxylation is 1. The Hall–Kier alpha value is -0.190. The second-order valence-electron chi connectivity index (χ2n) is 2.35. The zero-order chi connectivity index (χ0) is 8.55. The van der Waals surface area contributed by atoms with Gasteiger partial charge in [0.2, 0.25) is 0 Å². The summed E-state index contributed by atoms with van der Waals surface area (Å²) in [5, 5.41) is 3.10. The van der Waals surface area contributed by atoms with E-state index in [0.29, 0.717) is 0 Å². The van der Waals surface area contributed by atoms with E-state index in [0.717, 1.165) is 5.01 Å². The normalized spacial score (nSPS) is 10.5. The van der Waals surface area contributed by atoms with Crippen molar-refractivity contribution >= 4 is 38.6 Å². The Bertz CT molecular complexity index is 358. The molecule has 0 spiro atoms. The zero-order valence-electron chi connectivity index (χ0n) is 6.37. The molecule has 0 bridgehead atoms. The van der Waals surface area contributed by atoms with E-state index in [-0.39, 0.29) is 0 Å². The minimum atomic E-state index is 1.11. The van der Waals surface area contributed by atoms with Crippen LogP contribution in [0.25, 0.3) is 9.88 Å². The molecular formula is C8H6BrNS2. The first kappa shape index (κ1) is 8.41. The van der Waals surface area contributed by atoms with Gasteiger partial charge in [-0.3, -0.25) is 0 Å². The molecule has 0 saturated heterocycles. The fraction of sp³-hybridized carbons (Fsp3) is 0.125. The number of hydrogen-bond donors (Lipinski definition) is 0. The van der Waals surface area contributed by atoms with E-state index in [9.17, 15) is 0 Å². The van der Waals surface area contributed by atoms with Gasteiger partial charge in [-0.25, -0.2) is 4.98 Å². The number of thiophene rings is 1. The zero-order valence-corrected chi connectivity index (χ0v) is 9.59. The molecule has 0 N–H and O–H groups in total. The van der Waals surface area contributed by atoms with Crippen LogP contribution in [0, 0.1) is 6.92 Å². The van der Waals surface area contributed by atoms with E-state index in [1.54, 1.807) is 22.7 Å². The number of hydrogen-bond acceptors (Lipinski definition) is 3. The lowest BCUT2D eigenvalue weighted by atomic mass is 10.4. The Morgan fingerprint density at radius 1 is 1.50 bits per heavy atom. The Labute approximate surface area is 87.2 Å². The van der Waals surface area contributed by atoms with Crippen molar-refractivity contribution in [1.29, 1.82) is 0 Å². The van der Waals surface area contributed by atoms with Gasteiger partial charge in [-0.05, 0) is 28.9 Å². The first-order valence-corrected chi connectivity index (χ1v) is 5.92. The van der Waals surface area contributed by atoms with Crippen LogP contribution >= 0.6 is 38.6 Å². The van der Waals surface area contributed by atoms with Crippen molar-refractivity contribution in [1.82, 2.24) is 4.98 Å². The van der Waals surface area contributed by atoms with Gasteiger partial charge in [0.15, 0.2) is 0 Å². The maximum absolute atomic E-state index is 4.25.